The zero-order chi connectivity index (χ0) is 14.4. The molecule has 110 valence electrons. The Morgan fingerprint density at radius 1 is 1.20 bits per heavy atom. The van der Waals surface area contributed by atoms with Crippen molar-refractivity contribution in [3.05, 3.63) is 35.2 Å². The van der Waals surface area contributed by atoms with Crippen molar-refractivity contribution in [2.45, 2.75) is 45.8 Å². The smallest absolute Gasteiger partial charge is 0.0728 e. The number of nitrogens with one attached hydrogen (secondary N) is 1. The molecule has 3 heteroatoms. The number of hydrogen-bond acceptors (Lipinski definition) is 3. The van der Waals surface area contributed by atoms with E-state index in [4.69, 9.17) is 4.74 Å². The lowest BCUT2D eigenvalue weighted by atomic mass is 9.99. The number of thiophene rings is 1. The number of ether oxygens (including phenoxy) is 1. The van der Waals surface area contributed by atoms with E-state index in [1.165, 1.54) is 15.6 Å². The number of fused-ring (bicyclic) bond motifs is 1. The third-order valence-electron chi connectivity index (χ3n) is 3.70. The van der Waals surface area contributed by atoms with Crippen LogP contribution in [-0.4, -0.2) is 25.3 Å². The van der Waals surface area contributed by atoms with E-state index in [1.54, 1.807) is 0 Å². The molecule has 1 aromatic carbocycles. The highest BCUT2D eigenvalue weighted by molar-refractivity contribution is 7.17. The standard InChI is InChI=1S/C17H25NOS/c1-4-16(19-6-3)15(18-5-2)11-13-12-20-17-10-8-7-9-14(13)17/h7-10,12,15-16,18H,4-6,11H2,1-3H3. The third kappa shape index (κ3) is 3.60. The average Bonchev–Trinajstić information content (AvgIpc) is 2.88. The van der Waals surface area contributed by atoms with Gasteiger partial charge in [-0.1, -0.05) is 32.0 Å². The second-order valence-corrected chi connectivity index (χ2v) is 5.94. The van der Waals surface area contributed by atoms with Gasteiger partial charge in [0.15, 0.2) is 0 Å². The van der Waals surface area contributed by atoms with E-state index >= 15 is 0 Å². The van der Waals surface area contributed by atoms with E-state index < -0.39 is 0 Å². The molecule has 2 rings (SSSR count). The molecule has 0 aliphatic rings. The van der Waals surface area contributed by atoms with Gasteiger partial charge in [0.2, 0.25) is 0 Å². The maximum absolute atomic E-state index is 5.91. The molecule has 1 N–H and O–H groups in total. The second kappa shape index (κ2) is 7.77. The lowest BCUT2D eigenvalue weighted by Crippen LogP contribution is -2.42. The Hall–Kier alpha value is -0.900. The fraction of sp³-hybridized carbons (Fsp3) is 0.529. The molecule has 0 fully saturated rings. The first-order valence-electron chi connectivity index (χ1n) is 7.60. The van der Waals surface area contributed by atoms with Crippen LogP contribution in [0.5, 0.6) is 0 Å². The topological polar surface area (TPSA) is 21.3 Å². The van der Waals surface area contributed by atoms with Crippen LogP contribution in [0.4, 0.5) is 0 Å². The van der Waals surface area contributed by atoms with Gasteiger partial charge in [-0.15, -0.1) is 11.3 Å². The van der Waals surface area contributed by atoms with Crippen molar-refractivity contribution in [1.82, 2.24) is 5.32 Å². The van der Waals surface area contributed by atoms with Gasteiger partial charge in [0.25, 0.3) is 0 Å². The Bertz CT molecular complexity index is 522. The van der Waals surface area contributed by atoms with E-state index in [0.29, 0.717) is 12.1 Å². The molecule has 0 aliphatic heterocycles. The van der Waals surface area contributed by atoms with Gasteiger partial charge < -0.3 is 10.1 Å². The summed E-state index contributed by atoms with van der Waals surface area (Å²) in [5, 5.41) is 7.30. The van der Waals surface area contributed by atoms with Gasteiger partial charge in [-0.3, -0.25) is 0 Å². The Kier molecular flexibility index (Phi) is 6.02. The van der Waals surface area contributed by atoms with Gasteiger partial charge in [-0.05, 0) is 48.7 Å². The molecular formula is C17H25NOS. The summed E-state index contributed by atoms with van der Waals surface area (Å²) in [6.45, 7) is 8.21. The second-order valence-electron chi connectivity index (χ2n) is 5.03. The van der Waals surface area contributed by atoms with Crippen LogP contribution in [0.3, 0.4) is 0 Å². The molecule has 2 aromatic rings. The molecule has 0 radical (unpaired) electrons. The number of rotatable bonds is 8. The Balaban J connectivity index is 2.18. The number of benzene rings is 1. The average molecular weight is 291 g/mol. The molecule has 0 saturated carbocycles. The summed E-state index contributed by atoms with van der Waals surface area (Å²) in [7, 11) is 0. The summed E-state index contributed by atoms with van der Waals surface area (Å²) < 4.78 is 7.28. The van der Waals surface area contributed by atoms with Crippen molar-refractivity contribution in [1.29, 1.82) is 0 Å². The molecule has 2 atom stereocenters. The lowest BCUT2D eigenvalue weighted by Gasteiger charge is -2.27. The van der Waals surface area contributed by atoms with E-state index in [0.717, 1.165) is 26.0 Å². The first-order valence-corrected chi connectivity index (χ1v) is 8.48. The number of likely N-dealkylation sites (N-methyl/N-ethyl adjacent to an activating group) is 1. The molecular weight excluding hydrogens is 266 g/mol. The van der Waals surface area contributed by atoms with Crippen LogP contribution in [0.2, 0.25) is 0 Å². The van der Waals surface area contributed by atoms with Crippen molar-refractivity contribution < 1.29 is 4.74 Å². The van der Waals surface area contributed by atoms with Crippen LogP contribution >= 0.6 is 11.3 Å². The predicted molar refractivity (Wildman–Crippen MR) is 88.7 cm³/mol. The van der Waals surface area contributed by atoms with E-state index in [2.05, 4.69) is 55.7 Å². The maximum atomic E-state index is 5.91. The quantitative estimate of drug-likeness (QED) is 0.785. The fourth-order valence-corrected chi connectivity index (χ4v) is 3.73. The van der Waals surface area contributed by atoms with Gasteiger partial charge >= 0.3 is 0 Å². The highest BCUT2D eigenvalue weighted by atomic mass is 32.1. The molecule has 0 saturated heterocycles. The van der Waals surface area contributed by atoms with E-state index in [9.17, 15) is 0 Å². The molecule has 0 aliphatic carbocycles. The summed E-state index contributed by atoms with van der Waals surface area (Å²) in [5.74, 6) is 0. The Morgan fingerprint density at radius 2 is 2.00 bits per heavy atom. The van der Waals surface area contributed by atoms with Crippen molar-refractivity contribution in [3.8, 4) is 0 Å². The van der Waals surface area contributed by atoms with Gasteiger partial charge in [-0.2, -0.15) is 0 Å². The first kappa shape index (κ1) is 15.5. The molecule has 1 heterocycles. The number of hydrogen-bond donors (Lipinski definition) is 1. The van der Waals surface area contributed by atoms with Gasteiger partial charge in [0.05, 0.1) is 6.10 Å². The highest BCUT2D eigenvalue weighted by Gasteiger charge is 2.21. The lowest BCUT2D eigenvalue weighted by molar-refractivity contribution is 0.0324. The minimum absolute atomic E-state index is 0.290. The fourth-order valence-electron chi connectivity index (χ4n) is 2.76. The summed E-state index contributed by atoms with van der Waals surface area (Å²) in [5.41, 5.74) is 1.44. The minimum Gasteiger partial charge on any atom is -0.377 e. The van der Waals surface area contributed by atoms with Crippen LogP contribution in [0.15, 0.2) is 29.6 Å². The van der Waals surface area contributed by atoms with E-state index in [1.807, 2.05) is 11.3 Å². The maximum Gasteiger partial charge on any atom is 0.0728 e. The molecule has 2 nitrogen and oxygen atoms in total. The highest BCUT2D eigenvalue weighted by Crippen LogP contribution is 2.27. The predicted octanol–water partition coefficient (Wildman–Crippen LogP) is 4.24. The van der Waals surface area contributed by atoms with Crippen molar-refractivity contribution in [3.63, 3.8) is 0 Å². The molecule has 0 amide bonds. The third-order valence-corrected chi connectivity index (χ3v) is 4.71. The zero-order valence-corrected chi connectivity index (χ0v) is 13.5. The summed E-state index contributed by atoms with van der Waals surface area (Å²) >= 11 is 1.84. The first-order chi connectivity index (χ1) is 9.80. The Labute approximate surface area is 126 Å². The van der Waals surface area contributed by atoms with Gasteiger partial charge in [0, 0.05) is 17.3 Å². The monoisotopic (exact) mass is 291 g/mol. The SMILES string of the molecule is CCNC(Cc1csc2ccccc12)C(CC)OCC. The summed E-state index contributed by atoms with van der Waals surface area (Å²) in [6, 6.07) is 9.06. The molecule has 1 aromatic heterocycles. The van der Waals surface area contributed by atoms with Crippen LogP contribution in [0.25, 0.3) is 10.1 Å². The summed E-state index contributed by atoms with van der Waals surface area (Å²) in [4.78, 5) is 0. The van der Waals surface area contributed by atoms with Crippen LogP contribution in [-0.2, 0) is 11.2 Å². The summed E-state index contributed by atoms with van der Waals surface area (Å²) in [6.07, 6.45) is 2.38. The largest absolute Gasteiger partial charge is 0.377 e. The Morgan fingerprint density at radius 3 is 2.70 bits per heavy atom. The zero-order valence-electron chi connectivity index (χ0n) is 12.7. The van der Waals surface area contributed by atoms with Crippen molar-refractivity contribution in [2.75, 3.05) is 13.2 Å². The van der Waals surface area contributed by atoms with Crippen LogP contribution in [0, 0.1) is 0 Å². The van der Waals surface area contributed by atoms with Gasteiger partial charge in [0.1, 0.15) is 0 Å². The molecule has 20 heavy (non-hydrogen) atoms. The molecule has 0 spiro atoms. The van der Waals surface area contributed by atoms with Crippen LogP contribution in [0.1, 0.15) is 32.8 Å². The van der Waals surface area contributed by atoms with Crippen molar-refractivity contribution >= 4 is 21.4 Å². The molecule has 2 unspecified atom stereocenters. The minimum atomic E-state index is 0.290. The molecule has 0 bridgehead atoms. The van der Waals surface area contributed by atoms with Crippen molar-refractivity contribution in [2.24, 2.45) is 0 Å². The van der Waals surface area contributed by atoms with Crippen LogP contribution < -0.4 is 5.32 Å². The van der Waals surface area contributed by atoms with Gasteiger partial charge in [-0.25, -0.2) is 0 Å². The normalized spacial score (nSPS) is 14.6. The van der Waals surface area contributed by atoms with E-state index in [-0.39, 0.29) is 0 Å².